The number of carbonyl (C=O) groups excluding carboxylic acids is 1. The van der Waals surface area contributed by atoms with E-state index in [1.807, 2.05) is 16.7 Å². The fourth-order valence-electron chi connectivity index (χ4n) is 2.63. The molecule has 0 bridgehead atoms. The van der Waals surface area contributed by atoms with Gasteiger partial charge in [0.15, 0.2) is 0 Å². The number of primary sulfonamides is 1. The molecular weight excluding hydrogens is 286 g/mol. The quantitative estimate of drug-likeness (QED) is 0.795. The smallest absolute Gasteiger partial charge is 0.320 e. The van der Waals surface area contributed by atoms with E-state index >= 15 is 0 Å². The van der Waals surface area contributed by atoms with Gasteiger partial charge in [-0.3, -0.25) is 0 Å². The molecule has 0 saturated carbocycles. The fourth-order valence-corrected chi connectivity index (χ4v) is 4.42. The SMILES string of the molecule is NS(=O)(=O)CC1CCCCN1C(=O)N1CCSCC1. The molecule has 2 amide bonds. The standard InChI is InChI=1S/C11H21N3O3S2/c12-19(16,17)9-10-3-1-2-4-14(10)11(15)13-5-7-18-8-6-13/h10H,1-9H2,(H2,12,16,17). The predicted molar refractivity (Wildman–Crippen MR) is 76.6 cm³/mol. The van der Waals surface area contributed by atoms with Crippen LogP contribution in [-0.4, -0.2) is 67.2 Å². The number of piperidine rings is 1. The van der Waals surface area contributed by atoms with Crippen LogP contribution >= 0.6 is 11.8 Å². The third-order valence-electron chi connectivity index (χ3n) is 3.58. The number of amides is 2. The van der Waals surface area contributed by atoms with Crippen molar-refractivity contribution in [3.8, 4) is 0 Å². The molecule has 0 radical (unpaired) electrons. The van der Waals surface area contributed by atoms with Crippen LogP contribution in [0.15, 0.2) is 0 Å². The van der Waals surface area contributed by atoms with Crippen LogP contribution in [0, 0.1) is 0 Å². The number of thioether (sulfide) groups is 1. The Balaban J connectivity index is 2.03. The Labute approximate surface area is 118 Å². The lowest BCUT2D eigenvalue weighted by Gasteiger charge is -2.39. The maximum Gasteiger partial charge on any atom is 0.320 e. The zero-order valence-corrected chi connectivity index (χ0v) is 12.6. The molecule has 0 aromatic rings. The van der Waals surface area contributed by atoms with E-state index in [2.05, 4.69) is 0 Å². The van der Waals surface area contributed by atoms with Crippen molar-refractivity contribution in [1.82, 2.24) is 9.80 Å². The normalized spacial score (nSPS) is 25.4. The highest BCUT2D eigenvalue weighted by atomic mass is 32.2. The number of rotatable bonds is 2. The molecule has 0 aromatic carbocycles. The summed E-state index contributed by atoms with van der Waals surface area (Å²) in [6.07, 6.45) is 2.63. The molecule has 2 rings (SSSR count). The average Bonchev–Trinajstić information content (AvgIpc) is 2.38. The van der Waals surface area contributed by atoms with Gasteiger partial charge < -0.3 is 9.80 Å². The molecule has 110 valence electrons. The second kappa shape index (κ2) is 6.32. The van der Waals surface area contributed by atoms with Crippen LogP contribution in [0.2, 0.25) is 0 Å². The first-order valence-corrected chi connectivity index (χ1v) is 9.48. The van der Waals surface area contributed by atoms with Gasteiger partial charge in [0.1, 0.15) is 0 Å². The summed E-state index contributed by atoms with van der Waals surface area (Å²) >= 11 is 1.85. The summed E-state index contributed by atoms with van der Waals surface area (Å²) in [7, 11) is -3.54. The highest BCUT2D eigenvalue weighted by Crippen LogP contribution is 2.21. The summed E-state index contributed by atoms with van der Waals surface area (Å²) in [4.78, 5) is 16.0. The minimum Gasteiger partial charge on any atom is -0.323 e. The number of nitrogens with two attached hydrogens (primary N) is 1. The zero-order valence-electron chi connectivity index (χ0n) is 11.0. The van der Waals surface area contributed by atoms with Gasteiger partial charge in [-0.25, -0.2) is 18.4 Å². The molecule has 1 atom stereocenters. The predicted octanol–water partition coefficient (Wildman–Crippen LogP) is 0.298. The number of sulfonamides is 1. The Kier molecular flexibility index (Phi) is 4.97. The Morgan fingerprint density at radius 2 is 1.89 bits per heavy atom. The molecule has 2 fully saturated rings. The van der Waals surface area contributed by atoms with Gasteiger partial charge in [0.2, 0.25) is 10.0 Å². The van der Waals surface area contributed by atoms with Crippen LogP contribution in [0.1, 0.15) is 19.3 Å². The maximum atomic E-state index is 12.5. The van der Waals surface area contributed by atoms with Gasteiger partial charge in [0.05, 0.1) is 5.75 Å². The number of hydrogen-bond donors (Lipinski definition) is 1. The number of carbonyl (C=O) groups is 1. The van der Waals surface area contributed by atoms with Gasteiger partial charge >= 0.3 is 6.03 Å². The summed E-state index contributed by atoms with van der Waals surface area (Å²) in [5, 5.41) is 5.12. The minimum absolute atomic E-state index is 0.0198. The van der Waals surface area contributed by atoms with Crippen LogP contribution in [0.25, 0.3) is 0 Å². The molecule has 2 N–H and O–H groups in total. The van der Waals surface area contributed by atoms with Crippen molar-refractivity contribution in [2.24, 2.45) is 5.14 Å². The molecule has 0 spiro atoms. The van der Waals surface area contributed by atoms with Crippen LogP contribution in [0.3, 0.4) is 0 Å². The Bertz CT molecular complexity index is 421. The van der Waals surface area contributed by atoms with Gasteiger partial charge in [-0.15, -0.1) is 0 Å². The lowest BCUT2D eigenvalue weighted by Crippen LogP contribution is -2.54. The second-order valence-corrected chi connectivity index (χ2v) is 7.94. The van der Waals surface area contributed by atoms with Crippen LogP contribution in [0.5, 0.6) is 0 Å². The molecule has 1 unspecified atom stereocenters. The van der Waals surface area contributed by atoms with Crippen molar-refractivity contribution >= 4 is 27.8 Å². The van der Waals surface area contributed by atoms with Crippen molar-refractivity contribution in [2.75, 3.05) is 36.9 Å². The van der Waals surface area contributed by atoms with Crippen molar-refractivity contribution in [2.45, 2.75) is 25.3 Å². The van der Waals surface area contributed by atoms with Gasteiger partial charge in [-0.2, -0.15) is 11.8 Å². The fraction of sp³-hybridized carbons (Fsp3) is 0.909. The molecule has 19 heavy (non-hydrogen) atoms. The van der Waals surface area contributed by atoms with Gasteiger partial charge in [0.25, 0.3) is 0 Å². The lowest BCUT2D eigenvalue weighted by atomic mass is 10.0. The van der Waals surface area contributed by atoms with E-state index in [1.54, 1.807) is 4.90 Å². The summed E-state index contributed by atoms with van der Waals surface area (Å²) in [6.45, 7) is 2.15. The van der Waals surface area contributed by atoms with E-state index in [1.165, 1.54) is 0 Å². The molecule has 2 aliphatic rings. The number of nitrogens with zero attached hydrogens (tertiary/aromatic N) is 2. The van der Waals surface area contributed by atoms with Crippen LogP contribution in [0.4, 0.5) is 4.79 Å². The first-order chi connectivity index (χ1) is 8.97. The largest absolute Gasteiger partial charge is 0.323 e. The van der Waals surface area contributed by atoms with Crippen molar-refractivity contribution in [1.29, 1.82) is 0 Å². The van der Waals surface area contributed by atoms with E-state index in [9.17, 15) is 13.2 Å². The minimum atomic E-state index is -3.54. The lowest BCUT2D eigenvalue weighted by molar-refractivity contribution is 0.125. The molecule has 2 saturated heterocycles. The molecule has 0 aliphatic carbocycles. The van der Waals surface area contributed by atoms with Gasteiger partial charge in [-0.1, -0.05) is 0 Å². The number of hydrogen-bond acceptors (Lipinski definition) is 4. The monoisotopic (exact) mass is 307 g/mol. The van der Waals surface area contributed by atoms with Crippen LogP contribution < -0.4 is 5.14 Å². The van der Waals surface area contributed by atoms with Crippen molar-refractivity contribution in [3.05, 3.63) is 0 Å². The first-order valence-electron chi connectivity index (χ1n) is 6.61. The summed E-state index contributed by atoms with van der Waals surface area (Å²) < 4.78 is 22.5. The summed E-state index contributed by atoms with van der Waals surface area (Å²) in [6, 6.07) is -0.278. The number of urea groups is 1. The van der Waals surface area contributed by atoms with E-state index in [4.69, 9.17) is 5.14 Å². The maximum absolute atomic E-state index is 12.5. The summed E-state index contributed by atoms with van der Waals surface area (Å²) in [5.74, 6) is 1.79. The number of likely N-dealkylation sites (tertiary alicyclic amines) is 1. The Hall–Kier alpha value is -0.470. The zero-order chi connectivity index (χ0) is 13.9. The van der Waals surface area contributed by atoms with E-state index in [-0.39, 0.29) is 17.8 Å². The van der Waals surface area contributed by atoms with Crippen LogP contribution in [-0.2, 0) is 10.0 Å². The van der Waals surface area contributed by atoms with Gasteiger partial charge in [-0.05, 0) is 19.3 Å². The molecule has 6 nitrogen and oxygen atoms in total. The average molecular weight is 307 g/mol. The highest BCUT2D eigenvalue weighted by Gasteiger charge is 2.32. The highest BCUT2D eigenvalue weighted by molar-refractivity contribution is 7.99. The molecule has 2 heterocycles. The molecule has 8 heteroatoms. The van der Waals surface area contributed by atoms with E-state index in [0.717, 1.165) is 43.9 Å². The summed E-state index contributed by atoms with van der Waals surface area (Å²) in [5.41, 5.74) is 0. The Morgan fingerprint density at radius 3 is 2.53 bits per heavy atom. The van der Waals surface area contributed by atoms with Gasteiger partial charge in [0, 0.05) is 37.2 Å². The third-order valence-corrected chi connectivity index (χ3v) is 5.37. The van der Waals surface area contributed by atoms with E-state index in [0.29, 0.717) is 6.54 Å². The molecular formula is C11H21N3O3S2. The first kappa shape index (κ1) is 14.9. The van der Waals surface area contributed by atoms with Crippen molar-refractivity contribution < 1.29 is 13.2 Å². The van der Waals surface area contributed by atoms with Crippen molar-refractivity contribution in [3.63, 3.8) is 0 Å². The molecule has 2 aliphatic heterocycles. The Morgan fingerprint density at radius 1 is 1.21 bits per heavy atom. The third kappa shape index (κ3) is 4.25. The topological polar surface area (TPSA) is 83.7 Å². The van der Waals surface area contributed by atoms with E-state index < -0.39 is 10.0 Å². The second-order valence-electron chi connectivity index (χ2n) is 5.05. The molecule has 0 aromatic heterocycles.